The van der Waals surface area contributed by atoms with Crippen molar-refractivity contribution in [1.29, 1.82) is 0 Å². The Labute approximate surface area is 98.9 Å². The van der Waals surface area contributed by atoms with Crippen LogP contribution >= 0.6 is 0 Å². The van der Waals surface area contributed by atoms with E-state index in [-0.39, 0.29) is 5.56 Å². The molecule has 0 fully saturated rings. The van der Waals surface area contributed by atoms with Gasteiger partial charge in [-0.25, -0.2) is 8.78 Å². The number of halogens is 2. The minimum Gasteiger partial charge on any atom is -0.370 e. The fourth-order valence-electron chi connectivity index (χ4n) is 2.02. The van der Waals surface area contributed by atoms with Crippen LogP contribution in [0.4, 0.5) is 8.78 Å². The molecule has 17 heavy (non-hydrogen) atoms. The van der Waals surface area contributed by atoms with Crippen LogP contribution in [-0.2, 0) is 5.54 Å². The zero-order valence-electron chi connectivity index (χ0n) is 10.1. The van der Waals surface area contributed by atoms with E-state index in [2.05, 4.69) is 4.99 Å². The molecule has 0 aromatic heterocycles. The molecular formula is C12H15F2N3. The zero-order chi connectivity index (χ0) is 12.8. The standard InChI is InChI=1S/C12H15F2N3/c1-7-4-10(14)8(5-9(7)13)12(2)6-16-11(15)17(12)3/h4-5H,6H2,1-3H3,(H2,15,16). The number of hydrogen-bond acceptors (Lipinski definition) is 3. The highest BCUT2D eigenvalue weighted by Gasteiger charge is 2.39. The van der Waals surface area contributed by atoms with Crippen molar-refractivity contribution in [1.82, 2.24) is 4.90 Å². The molecule has 92 valence electrons. The van der Waals surface area contributed by atoms with Crippen molar-refractivity contribution in [3.05, 3.63) is 34.9 Å². The Bertz CT molecular complexity index is 499. The maximum Gasteiger partial charge on any atom is 0.191 e. The molecule has 1 aromatic carbocycles. The van der Waals surface area contributed by atoms with E-state index in [0.29, 0.717) is 18.1 Å². The molecule has 1 unspecified atom stereocenters. The maximum absolute atomic E-state index is 13.9. The van der Waals surface area contributed by atoms with Crippen molar-refractivity contribution in [2.45, 2.75) is 19.4 Å². The van der Waals surface area contributed by atoms with E-state index in [1.807, 2.05) is 0 Å². The smallest absolute Gasteiger partial charge is 0.191 e. The summed E-state index contributed by atoms with van der Waals surface area (Å²) in [5.74, 6) is -0.502. The largest absolute Gasteiger partial charge is 0.370 e. The summed E-state index contributed by atoms with van der Waals surface area (Å²) in [5, 5.41) is 0. The Kier molecular flexibility index (Phi) is 2.56. The second kappa shape index (κ2) is 3.68. The number of aliphatic imine (C=N–C) groups is 1. The molecule has 1 atom stereocenters. The Balaban J connectivity index is 2.52. The number of guanidine groups is 1. The first kappa shape index (κ1) is 11.8. The molecule has 0 spiro atoms. The lowest BCUT2D eigenvalue weighted by Crippen LogP contribution is -2.45. The zero-order valence-corrected chi connectivity index (χ0v) is 10.1. The summed E-state index contributed by atoms with van der Waals surface area (Å²) in [6.45, 7) is 3.66. The third-order valence-electron chi connectivity index (χ3n) is 3.46. The number of rotatable bonds is 1. The van der Waals surface area contributed by atoms with Crippen LogP contribution in [0.2, 0.25) is 0 Å². The van der Waals surface area contributed by atoms with Gasteiger partial charge in [0.05, 0.1) is 12.1 Å². The summed E-state index contributed by atoms with van der Waals surface area (Å²) in [6, 6.07) is 2.44. The minimum atomic E-state index is -0.720. The van der Waals surface area contributed by atoms with Crippen LogP contribution in [0, 0.1) is 18.6 Å². The highest BCUT2D eigenvalue weighted by atomic mass is 19.1. The lowest BCUT2D eigenvalue weighted by atomic mass is 9.90. The van der Waals surface area contributed by atoms with Crippen LogP contribution in [0.15, 0.2) is 17.1 Å². The Morgan fingerprint density at radius 2 is 2.00 bits per heavy atom. The molecule has 1 aliphatic heterocycles. The van der Waals surface area contributed by atoms with E-state index < -0.39 is 17.2 Å². The Morgan fingerprint density at radius 1 is 1.35 bits per heavy atom. The first-order valence-corrected chi connectivity index (χ1v) is 5.36. The van der Waals surface area contributed by atoms with Crippen LogP contribution in [0.5, 0.6) is 0 Å². The van der Waals surface area contributed by atoms with Gasteiger partial charge in [0.1, 0.15) is 11.6 Å². The van der Waals surface area contributed by atoms with E-state index in [1.165, 1.54) is 19.1 Å². The van der Waals surface area contributed by atoms with Crippen molar-refractivity contribution in [2.24, 2.45) is 10.7 Å². The minimum absolute atomic E-state index is 0.285. The van der Waals surface area contributed by atoms with Gasteiger partial charge in [-0.2, -0.15) is 0 Å². The van der Waals surface area contributed by atoms with Crippen molar-refractivity contribution in [2.75, 3.05) is 13.6 Å². The van der Waals surface area contributed by atoms with Crippen LogP contribution < -0.4 is 5.73 Å². The number of benzene rings is 1. The molecule has 0 bridgehead atoms. The van der Waals surface area contributed by atoms with Gasteiger partial charge in [-0.1, -0.05) is 0 Å². The number of nitrogens with zero attached hydrogens (tertiary/aromatic N) is 2. The second-order valence-electron chi connectivity index (χ2n) is 4.59. The van der Waals surface area contributed by atoms with Gasteiger partial charge in [-0.3, -0.25) is 4.99 Å². The molecular weight excluding hydrogens is 224 g/mol. The summed E-state index contributed by atoms with van der Waals surface area (Å²) in [4.78, 5) is 5.74. The van der Waals surface area contributed by atoms with E-state index in [1.54, 1.807) is 18.9 Å². The van der Waals surface area contributed by atoms with Crippen molar-refractivity contribution < 1.29 is 8.78 Å². The Morgan fingerprint density at radius 3 is 2.53 bits per heavy atom. The van der Waals surface area contributed by atoms with Gasteiger partial charge in [-0.15, -0.1) is 0 Å². The van der Waals surface area contributed by atoms with E-state index in [4.69, 9.17) is 5.73 Å². The molecule has 3 nitrogen and oxygen atoms in total. The predicted molar refractivity (Wildman–Crippen MR) is 62.7 cm³/mol. The number of likely N-dealkylation sites (N-methyl/N-ethyl adjacent to an activating group) is 1. The van der Waals surface area contributed by atoms with Gasteiger partial charge in [0.25, 0.3) is 0 Å². The second-order valence-corrected chi connectivity index (χ2v) is 4.59. The molecule has 1 aromatic rings. The molecule has 5 heteroatoms. The van der Waals surface area contributed by atoms with Gasteiger partial charge in [0.15, 0.2) is 5.96 Å². The van der Waals surface area contributed by atoms with Crippen molar-refractivity contribution >= 4 is 5.96 Å². The quantitative estimate of drug-likeness (QED) is 0.811. The number of nitrogens with two attached hydrogens (primary N) is 1. The monoisotopic (exact) mass is 239 g/mol. The number of aryl methyl sites for hydroxylation is 1. The average Bonchev–Trinajstić information content (AvgIpc) is 2.53. The van der Waals surface area contributed by atoms with Gasteiger partial charge in [-0.05, 0) is 31.5 Å². The summed E-state index contributed by atoms with van der Waals surface area (Å²) in [7, 11) is 1.73. The lowest BCUT2D eigenvalue weighted by molar-refractivity contribution is 0.257. The van der Waals surface area contributed by atoms with Crippen LogP contribution in [-0.4, -0.2) is 24.5 Å². The van der Waals surface area contributed by atoms with Crippen LogP contribution in [0.25, 0.3) is 0 Å². The molecule has 0 saturated heterocycles. The summed E-state index contributed by atoms with van der Waals surface area (Å²) in [5.41, 5.74) is 5.53. The summed E-state index contributed by atoms with van der Waals surface area (Å²) >= 11 is 0. The third-order valence-corrected chi connectivity index (χ3v) is 3.46. The lowest BCUT2D eigenvalue weighted by Gasteiger charge is -2.33. The molecule has 0 aliphatic carbocycles. The average molecular weight is 239 g/mol. The first-order chi connectivity index (χ1) is 7.86. The highest BCUT2D eigenvalue weighted by Crippen LogP contribution is 2.33. The molecule has 1 heterocycles. The normalized spacial score (nSPS) is 24.1. The molecule has 0 amide bonds. The van der Waals surface area contributed by atoms with E-state index >= 15 is 0 Å². The molecule has 0 saturated carbocycles. The summed E-state index contributed by atoms with van der Waals surface area (Å²) < 4.78 is 27.5. The van der Waals surface area contributed by atoms with Crippen LogP contribution in [0.3, 0.4) is 0 Å². The SMILES string of the molecule is Cc1cc(F)c(C2(C)CN=C(N)N2C)cc1F. The predicted octanol–water partition coefficient (Wildman–Crippen LogP) is 1.75. The van der Waals surface area contributed by atoms with Crippen LogP contribution in [0.1, 0.15) is 18.1 Å². The Hall–Kier alpha value is -1.65. The highest BCUT2D eigenvalue weighted by molar-refractivity contribution is 5.81. The van der Waals surface area contributed by atoms with Gasteiger partial charge in [0, 0.05) is 12.6 Å². The molecule has 2 rings (SSSR count). The van der Waals surface area contributed by atoms with Gasteiger partial charge < -0.3 is 10.6 Å². The first-order valence-electron chi connectivity index (χ1n) is 5.36. The maximum atomic E-state index is 13.9. The van der Waals surface area contributed by atoms with Crippen molar-refractivity contribution in [3.8, 4) is 0 Å². The summed E-state index contributed by atoms with van der Waals surface area (Å²) in [6.07, 6.45) is 0. The van der Waals surface area contributed by atoms with Gasteiger partial charge >= 0.3 is 0 Å². The molecule has 1 aliphatic rings. The molecule has 2 N–H and O–H groups in total. The van der Waals surface area contributed by atoms with Gasteiger partial charge in [0.2, 0.25) is 0 Å². The molecule has 0 radical (unpaired) electrons. The van der Waals surface area contributed by atoms with E-state index in [0.717, 1.165) is 0 Å². The topological polar surface area (TPSA) is 41.6 Å². The van der Waals surface area contributed by atoms with Crippen molar-refractivity contribution in [3.63, 3.8) is 0 Å². The fourth-order valence-corrected chi connectivity index (χ4v) is 2.02. The fraction of sp³-hybridized carbons (Fsp3) is 0.417. The number of hydrogen-bond donors (Lipinski definition) is 1. The third kappa shape index (κ3) is 1.66. The van der Waals surface area contributed by atoms with E-state index in [9.17, 15) is 8.78 Å².